The molecular weight excluding hydrogens is 282 g/mol. The number of aromatic amines is 1. The van der Waals surface area contributed by atoms with Crippen molar-refractivity contribution in [1.29, 1.82) is 0 Å². The van der Waals surface area contributed by atoms with Crippen LogP contribution in [0, 0.1) is 0 Å². The van der Waals surface area contributed by atoms with Crippen molar-refractivity contribution < 1.29 is 0 Å². The summed E-state index contributed by atoms with van der Waals surface area (Å²) in [6.45, 7) is 0. The number of aromatic nitrogens is 5. The van der Waals surface area contributed by atoms with E-state index in [1.807, 2.05) is 42.5 Å². The molecule has 5 nitrogen and oxygen atoms in total. The Bertz CT molecular complexity index is 904. The number of thioether (sulfide) groups is 1. The van der Waals surface area contributed by atoms with Crippen LogP contribution >= 0.6 is 11.8 Å². The topological polar surface area (TPSA) is 67.3 Å². The van der Waals surface area contributed by atoms with Crippen LogP contribution in [-0.2, 0) is 5.75 Å². The van der Waals surface area contributed by atoms with Crippen molar-refractivity contribution in [3.63, 3.8) is 0 Å². The number of nitrogens with one attached hydrogen (secondary N) is 1. The van der Waals surface area contributed by atoms with Crippen molar-refractivity contribution in [2.24, 2.45) is 0 Å². The third-order valence-electron chi connectivity index (χ3n) is 3.18. The summed E-state index contributed by atoms with van der Waals surface area (Å²) in [6.07, 6.45) is 1.79. The first kappa shape index (κ1) is 12.3. The highest BCUT2D eigenvalue weighted by Crippen LogP contribution is 2.24. The van der Waals surface area contributed by atoms with Crippen molar-refractivity contribution in [3.8, 4) is 0 Å². The van der Waals surface area contributed by atoms with Crippen molar-refractivity contribution in [3.05, 3.63) is 54.4 Å². The highest BCUT2D eigenvalue weighted by molar-refractivity contribution is 7.98. The van der Waals surface area contributed by atoms with Gasteiger partial charge in [-0.1, -0.05) is 36.0 Å². The molecule has 0 unspecified atom stereocenters. The van der Waals surface area contributed by atoms with Gasteiger partial charge in [0.05, 0.1) is 5.69 Å². The van der Waals surface area contributed by atoms with Gasteiger partial charge in [0.15, 0.2) is 5.65 Å². The predicted octanol–water partition coefficient (Wildman–Crippen LogP) is 3.19. The Kier molecular flexibility index (Phi) is 3.01. The van der Waals surface area contributed by atoms with Gasteiger partial charge in [-0.25, -0.2) is 4.98 Å². The van der Waals surface area contributed by atoms with Gasteiger partial charge in [-0.15, -0.1) is 10.2 Å². The quantitative estimate of drug-likeness (QED) is 0.587. The fourth-order valence-electron chi connectivity index (χ4n) is 2.19. The van der Waals surface area contributed by atoms with Gasteiger partial charge >= 0.3 is 0 Å². The molecule has 6 heteroatoms. The molecule has 0 aliphatic heterocycles. The number of fused-ring (bicyclic) bond motifs is 3. The van der Waals surface area contributed by atoms with Crippen molar-refractivity contribution >= 4 is 33.8 Å². The second kappa shape index (κ2) is 5.14. The Morgan fingerprint density at radius 2 is 1.90 bits per heavy atom. The predicted molar refractivity (Wildman–Crippen MR) is 83.0 cm³/mol. The smallest absolute Gasteiger partial charge is 0.211 e. The number of hydrogen-bond acceptors (Lipinski definition) is 5. The van der Waals surface area contributed by atoms with Crippen LogP contribution in [0.25, 0.3) is 22.1 Å². The van der Waals surface area contributed by atoms with Gasteiger partial charge in [0.25, 0.3) is 0 Å². The summed E-state index contributed by atoms with van der Waals surface area (Å²) in [5.41, 5.74) is 3.62. The molecule has 0 saturated carbocycles. The van der Waals surface area contributed by atoms with Crippen LogP contribution < -0.4 is 0 Å². The van der Waals surface area contributed by atoms with E-state index >= 15 is 0 Å². The minimum Gasteiger partial charge on any atom is -0.338 e. The molecule has 0 radical (unpaired) electrons. The molecule has 1 N–H and O–H groups in total. The van der Waals surface area contributed by atoms with Crippen molar-refractivity contribution in [2.45, 2.75) is 10.9 Å². The summed E-state index contributed by atoms with van der Waals surface area (Å²) in [4.78, 5) is 12.1. The Hall–Kier alpha value is -2.47. The van der Waals surface area contributed by atoms with Gasteiger partial charge in [-0.05, 0) is 18.2 Å². The largest absolute Gasteiger partial charge is 0.338 e. The zero-order valence-electron chi connectivity index (χ0n) is 11.0. The maximum Gasteiger partial charge on any atom is 0.211 e. The van der Waals surface area contributed by atoms with Crippen LogP contribution in [0.2, 0.25) is 0 Å². The number of pyridine rings is 1. The zero-order valence-corrected chi connectivity index (χ0v) is 11.8. The third kappa shape index (κ3) is 2.34. The number of H-pyrrole nitrogens is 1. The lowest BCUT2D eigenvalue weighted by atomic mass is 10.2. The molecule has 0 bridgehead atoms. The lowest BCUT2D eigenvalue weighted by molar-refractivity contribution is 0.877. The van der Waals surface area contributed by atoms with Gasteiger partial charge in [0.2, 0.25) is 5.16 Å². The van der Waals surface area contributed by atoms with Crippen LogP contribution in [0.15, 0.2) is 53.8 Å². The lowest BCUT2D eigenvalue weighted by Gasteiger charge is -1.98. The molecule has 21 heavy (non-hydrogen) atoms. The molecule has 3 aromatic heterocycles. The van der Waals surface area contributed by atoms with E-state index in [-0.39, 0.29) is 0 Å². The van der Waals surface area contributed by atoms with Crippen LogP contribution in [0.3, 0.4) is 0 Å². The van der Waals surface area contributed by atoms with Gasteiger partial charge in [-0.3, -0.25) is 4.98 Å². The van der Waals surface area contributed by atoms with Gasteiger partial charge < -0.3 is 4.98 Å². The highest BCUT2D eigenvalue weighted by Gasteiger charge is 2.09. The number of hydrogen-bond donors (Lipinski definition) is 1. The Balaban J connectivity index is 1.66. The Morgan fingerprint density at radius 1 is 1.00 bits per heavy atom. The van der Waals surface area contributed by atoms with Crippen molar-refractivity contribution in [2.75, 3.05) is 0 Å². The molecule has 102 valence electrons. The molecule has 3 heterocycles. The second-order valence-electron chi connectivity index (χ2n) is 4.57. The minimum atomic E-state index is 0.653. The summed E-state index contributed by atoms with van der Waals surface area (Å²) in [5.74, 6) is 0.730. The van der Waals surface area contributed by atoms with E-state index in [1.165, 1.54) is 11.8 Å². The average molecular weight is 293 g/mol. The van der Waals surface area contributed by atoms with E-state index in [0.717, 1.165) is 33.5 Å². The zero-order chi connectivity index (χ0) is 14.1. The SMILES string of the molecule is c1ccc(CSc2nnc3c(n2)[nH]c2ccccc23)nc1. The molecule has 0 aliphatic carbocycles. The third-order valence-corrected chi connectivity index (χ3v) is 4.05. The van der Waals surface area contributed by atoms with E-state index in [1.54, 1.807) is 6.20 Å². The van der Waals surface area contributed by atoms with E-state index in [2.05, 4.69) is 25.1 Å². The molecule has 0 saturated heterocycles. The molecule has 4 aromatic rings. The van der Waals surface area contributed by atoms with Gasteiger partial charge in [-0.2, -0.15) is 0 Å². The van der Waals surface area contributed by atoms with Gasteiger partial charge in [0, 0.05) is 22.9 Å². The fourth-order valence-corrected chi connectivity index (χ4v) is 2.89. The molecule has 1 aromatic carbocycles. The number of benzene rings is 1. The Labute approximate surface area is 124 Å². The number of rotatable bonds is 3. The first-order valence-electron chi connectivity index (χ1n) is 6.54. The highest BCUT2D eigenvalue weighted by atomic mass is 32.2. The molecule has 0 atom stereocenters. The van der Waals surface area contributed by atoms with Crippen LogP contribution in [0.5, 0.6) is 0 Å². The molecule has 4 rings (SSSR count). The summed E-state index contributed by atoms with van der Waals surface area (Å²) in [5, 5.41) is 10.2. The number of nitrogens with zero attached hydrogens (tertiary/aromatic N) is 4. The Morgan fingerprint density at radius 3 is 2.81 bits per heavy atom. The van der Waals surface area contributed by atoms with Crippen LogP contribution in [0.1, 0.15) is 5.69 Å². The summed E-state index contributed by atoms with van der Waals surface area (Å²) >= 11 is 1.53. The minimum absolute atomic E-state index is 0.653. The fraction of sp³-hybridized carbons (Fsp3) is 0.0667. The first-order chi connectivity index (χ1) is 10.4. The second-order valence-corrected chi connectivity index (χ2v) is 5.51. The molecular formula is C15H11N5S. The first-order valence-corrected chi connectivity index (χ1v) is 7.52. The average Bonchev–Trinajstić information content (AvgIpc) is 2.91. The monoisotopic (exact) mass is 293 g/mol. The summed E-state index contributed by atoms with van der Waals surface area (Å²) < 4.78 is 0. The van der Waals surface area contributed by atoms with E-state index in [4.69, 9.17) is 0 Å². The van der Waals surface area contributed by atoms with Crippen LogP contribution in [-0.4, -0.2) is 25.1 Å². The van der Waals surface area contributed by atoms with Crippen LogP contribution in [0.4, 0.5) is 0 Å². The lowest BCUT2D eigenvalue weighted by Crippen LogP contribution is -1.92. The summed E-state index contributed by atoms with van der Waals surface area (Å²) in [6, 6.07) is 13.9. The van der Waals surface area contributed by atoms with Crippen molar-refractivity contribution in [1.82, 2.24) is 25.1 Å². The molecule has 0 amide bonds. The molecule has 0 aliphatic rings. The van der Waals surface area contributed by atoms with E-state index in [0.29, 0.717) is 5.16 Å². The maximum absolute atomic E-state index is 4.53. The molecule has 0 fully saturated rings. The standard InChI is InChI=1S/C15H11N5S/c1-2-7-12-11(6-1)13-14(17-12)18-15(20-19-13)21-9-10-5-3-4-8-16-10/h1-8H,9H2,(H,17,18,20). The maximum atomic E-state index is 4.53. The van der Waals surface area contributed by atoms with Gasteiger partial charge in [0.1, 0.15) is 5.52 Å². The van der Waals surface area contributed by atoms with E-state index < -0.39 is 0 Å². The normalized spacial score (nSPS) is 11.2. The molecule has 0 spiro atoms. The number of para-hydroxylation sites is 1. The summed E-state index contributed by atoms with van der Waals surface area (Å²) in [7, 11) is 0. The van der Waals surface area contributed by atoms with E-state index in [9.17, 15) is 0 Å².